The minimum Gasteiger partial charge on any atom is -0.447 e. The summed E-state index contributed by atoms with van der Waals surface area (Å²) in [6.45, 7) is 6.88. The lowest BCUT2D eigenvalue weighted by Crippen LogP contribution is -2.44. The van der Waals surface area contributed by atoms with Crippen molar-refractivity contribution in [2.24, 2.45) is 5.92 Å². The van der Waals surface area contributed by atoms with Crippen LogP contribution in [0.25, 0.3) is 5.69 Å². The van der Waals surface area contributed by atoms with Crippen molar-refractivity contribution in [1.29, 1.82) is 0 Å². The predicted molar refractivity (Wildman–Crippen MR) is 101 cm³/mol. The van der Waals surface area contributed by atoms with E-state index >= 15 is 0 Å². The third-order valence-electron chi connectivity index (χ3n) is 4.84. The van der Waals surface area contributed by atoms with E-state index in [0.717, 1.165) is 16.8 Å². The molecule has 0 aliphatic carbocycles. The SMILES string of the molecule is Cc1cccc(-n2cc(CN(C)C(=O)CN3C(=O)OC[C@@H]3C(C)C)cn2)c1. The van der Waals surface area contributed by atoms with Crippen LogP contribution in [0.5, 0.6) is 0 Å². The van der Waals surface area contributed by atoms with Crippen LogP contribution in [0.1, 0.15) is 25.0 Å². The Morgan fingerprint density at radius 3 is 2.89 bits per heavy atom. The molecule has 7 nitrogen and oxygen atoms in total. The van der Waals surface area contributed by atoms with Crippen molar-refractivity contribution >= 4 is 12.0 Å². The van der Waals surface area contributed by atoms with Crippen LogP contribution < -0.4 is 0 Å². The summed E-state index contributed by atoms with van der Waals surface area (Å²) in [5, 5.41) is 4.38. The van der Waals surface area contributed by atoms with E-state index in [9.17, 15) is 9.59 Å². The molecule has 1 fully saturated rings. The van der Waals surface area contributed by atoms with Crippen molar-refractivity contribution in [3.8, 4) is 5.69 Å². The van der Waals surface area contributed by atoms with Crippen molar-refractivity contribution in [2.75, 3.05) is 20.2 Å². The molecule has 1 aliphatic heterocycles. The number of amides is 2. The summed E-state index contributed by atoms with van der Waals surface area (Å²) in [6.07, 6.45) is 3.26. The van der Waals surface area contributed by atoms with Gasteiger partial charge in [-0.05, 0) is 30.5 Å². The molecule has 0 spiro atoms. The second kappa shape index (κ2) is 7.82. The van der Waals surface area contributed by atoms with Crippen LogP contribution in [0.4, 0.5) is 4.79 Å². The van der Waals surface area contributed by atoms with Crippen molar-refractivity contribution in [3.05, 3.63) is 47.8 Å². The molecule has 1 aromatic heterocycles. The Hall–Kier alpha value is -2.83. The predicted octanol–water partition coefficient (Wildman–Crippen LogP) is 2.62. The van der Waals surface area contributed by atoms with Gasteiger partial charge in [0.15, 0.2) is 0 Å². The number of ether oxygens (including phenoxy) is 1. The van der Waals surface area contributed by atoms with E-state index in [2.05, 4.69) is 11.2 Å². The first kappa shape index (κ1) is 18.9. The Kier molecular flexibility index (Phi) is 5.48. The Morgan fingerprint density at radius 2 is 2.19 bits per heavy atom. The van der Waals surface area contributed by atoms with Crippen LogP contribution in [0.2, 0.25) is 0 Å². The molecule has 0 unspecified atom stereocenters. The molecule has 0 radical (unpaired) electrons. The third-order valence-corrected chi connectivity index (χ3v) is 4.84. The molecule has 1 saturated heterocycles. The van der Waals surface area contributed by atoms with Crippen LogP contribution in [0, 0.1) is 12.8 Å². The lowest BCUT2D eigenvalue weighted by atomic mass is 10.0. The summed E-state index contributed by atoms with van der Waals surface area (Å²) in [5.74, 6) is 0.116. The lowest BCUT2D eigenvalue weighted by molar-refractivity contribution is -0.131. The number of hydrogen-bond acceptors (Lipinski definition) is 4. The molecule has 144 valence electrons. The van der Waals surface area contributed by atoms with Gasteiger partial charge in [0.2, 0.25) is 5.91 Å². The average molecular weight is 370 g/mol. The number of aromatic nitrogens is 2. The maximum atomic E-state index is 12.6. The Bertz CT molecular complexity index is 830. The highest BCUT2D eigenvalue weighted by molar-refractivity contribution is 5.83. The normalized spacial score (nSPS) is 16.7. The number of carbonyl (C=O) groups is 2. The van der Waals surface area contributed by atoms with Gasteiger partial charge >= 0.3 is 6.09 Å². The zero-order valence-corrected chi connectivity index (χ0v) is 16.3. The highest BCUT2D eigenvalue weighted by Gasteiger charge is 2.36. The Labute approximate surface area is 159 Å². The topological polar surface area (TPSA) is 67.7 Å². The van der Waals surface area contributed by atoms with E-state index in [4.69, 9.17) is 4.74 Å². The summed E-state index contributed by atoms with van der Waals surface area (Å²) < 4.78 is 6.90. The molecule has 1 atom stereocenters. The summed E-state index contributed by atoms with van der Waals surface area (Å²) in [6, 6.07) is 8.01. The fourth-order valence-corrected chi connectivity index (χ4v) is 3.18. The molecule has 2 aromatic rings. The zero-order valence-electron chi connectivity index (χ0n) is 16.3. The van der Waals surface area contributed by atoms with E-state index in [1.165, 1.54) is 4.90 Å². The van der Waals surface area contributed by atoms with E-state index in [-0.39, 0.29) is 24.4 Å². The molecule has 0 saturated carbocycles. The first-order chi connectivity index (χ1) is 12.8. The van der Waals surface area contributed by atoms with Gasteiger partial charge in [-0.25, -0.2) is 9.48 Å². The van der Waals surface area contributed by atoms with Crippen molar-refractivity contribution in [2.45, 2.75) is 33.4 Å². The molecule has 3 rings (SSSR count). The first-order valence-electron chi connectivity index (χ1n) is 9.13. The quantitative estimate of drug-likeness (QED) is 0.784. The zero-order chi connectivity index (χ0) is 19.6. The minimum atomic E-state index is -0.414. The molecule has 2 heterocycles. The van der Waals surface area contributed by atoms with Gasteiger partial charge in [0.25, 0.3) is 0 Å². The van der Waals surface area contributed by atoms with Gasteiger partial charge in [0.05, 0.1) is 17.9 Å². The van der Waals surface area contributed by atoms with Crippen molar-refractivity contribution in [1.82, 2.24) is 19.6 Å². The number of hydrogen-bond donors (Lipinski definition) is 0. The van der Waals surface area contributed by atoms with Gasteiger partial charge in [-0.2, -0.15) is 5.10 Å². The average Bonchev–Trinajstić information content (AvgIpc) is 3.22. The van der Waals surface area contributed by atoms with Crippen molar-refractivity contribution in [3.63, 3.8) is 0 Å². The molecule has 1 aliphatic rings. The lowest BCUT2D eigenvalue weighted by Gasteiger charge is -2.26. The molecule has 0 N–H and O–H groups in total. The third kappa shape index (κ3) is 4.30. The second-order valence-electron chi connectivity index (χ2n) is 7.40. The number of likely N-dealkylation sites (N-methyl/N-ethyl adjacent to an activating group) is 1. The number of carbonyl (C=O) groups excluding carboxylic acids is 2. The molecule has 27 heavy (non-hydrogen) atoms. The molecule has 1 aromatic carbocycles. The van der Waals surface area contributed by atoms with Crippen LogP contribution >= 0.6 is 0 Å². The van der Waals surface area contributed by atoms with E-state index in [1.807, 2.05) is 45.2 Å². The largest absolute Gasteiger partial charge is 0.447 e. The van der Waals surface area contributed by atoms with Crippen LogP contribution in [-0.4, -0.2) is 57.8 Å². The standard InChI is InChI=1S/C20H26N4O3/c1-14(2)18-13-27-20(26)23(18)12-19(25)22(4)10-16-9-21-24(11-16)17-7-5-6-15(3)8-17/h5-9,11,14,18H,10,12-13H2,1-4H3/t18-/m1/s1. The van der Waals surface area contributed by atoms with Crippen molar-refractivity contribution < 1.29 is 14.3 Å². The fraction of sp³-hybridized carbons (Fsp3) is 0.450. The number of aryl methyl sites for hydroxylation is 1. The van der Waals surface area contributed by atoms with Gasteiger partial charge in [0.1, 0.15) is 13.2 Å². The highest BCUT2D eigenvalue weighted by atomic mass is 16.6. The first-order valence-corrected chi connectivity index (χ1v) is 9.13. The Balaban J connectivity index is 1.62. The van der Waals surface area contributed by atoms with Gasteiger partial charge in [-0.1, -0.05) is 26.0 Å². The summed E-state index contributed by atoms with van der Waals surface area (Å²) >= 11 is 0. The fourth-order valence-electron chi connectivity index (χ4n) is 3.18. The second-order valence-corrected chi connectivity index (χ2v) is 7.40. The van der Waals surface area contributed by atoms with E-state index in [1.54, 1.807) is 22.8 Å². The van der Waals surface area contributed by atoms with Gasteiger partial charge in [-0.3, -0.25) is 9.69 Å². The van der Waals surface area contributed by atoms with E-state index < -0.39 is 6.09 Å². The number of benzene rings is 1. The van der Waals surface area contributed by atoms with Gasteiger partial charge in [0, 0.05) is 25.4 Å². The van der Waals surface area contributed by atoms with Gasteiger partial charge < -0.3 is 9.64 Å². The highest BCUT2D eigenvalue weighted by Crippen LogP contribution is 2.19. The summed E-state index contributed by atoms with van der Waals surface area (Å²) in [4.78, 5) is 27.6. The van der Waals surface area contributed by atoms with Crippen LogP contribution in [0.3, 0.4) is 0 Å². The smallest absolute Gasteiger partial charge is 0.410 e. The monoisotopic (exact) mass is 370 g/mol. The van der Waals surface area contributed by atoms with E-state index in [0.29, 0.717) is 13.2 Å². The maximum Gasteiger partial charge on any atom is 0.410 e. The number of nitrogens with zero attached hydrogens (tertiary/aromatic N) is 4. The van der Waals surface area contributed by atoms with Crippen LogP contribution in [-0.2, 0) is 16.1 Å². The molecular weight excluding hydrogens is 344 g/mol. The van der Waals surface area contributed by atoms with Crippen LogP contribution in [0.15, 0.2) is 36.7 Å². The maximum absolute atomic E-state index is 12.6. The minimum absolute atomic E-state index is 0.0319. The number of rotatable bonds is 6. The summed E-state index contributed by atoms with van der Waals surface area (Å²) in [7, 11) is 1.73. The van der Waals surface area contributed by atoms with Gasteiger partial charge in [-0.15, -0.1) is 0 Å². The molecule has 0 bridgehead atoms. The Morgan fingerprint density at radius 1 is 1.41 bits per heavy atom. The molecule has 7 heteroatoms. The number of cyclic esters (lactones) is 1. The molecule has 2 amide bonds. The molecular formula is C20H26N4O3. The summed E-state index contributed by atoms with van der Waals surface area (Å²) in [5.41, 5.74) is 3.07.